The summed E-state index contributed by atoms with van der Waals surface area (Å²) in [6.45, 7) is 2.61. The molecule has 7 heteroatoms. The fourth-order valence-corrected chi connectivity index (χ4v) is 1.25. The average molecular weight is 208 g/mol. The lowest BCUT2D eigenvalue weighted by Gasteiger charge is -2.24. The molecule has 0 bridgehead atoms. The molecule has 0 aliphatic carbocycles. The van der Waals surface area contributed by atoms with Gasteiger partial charge in [0.2, 0.25) is 0 Å². The first kappa shape index (κ1) is 10.7. The minimum atomic E-state index is -3.75. The highest BCUT2D eigenvalue weighted by atomic mass is 31.2. The summed E-state index contributed by atoms with van der Waals surface area (Å²) >= 11 is 0. The lowest BCUT2D eigenvalue weighted by atomic mass is 10.5. The summed E-state index contributed by atoms with van der Waals surface area (Å²) in [5, 5.41) is 0. The smallest absolute Gasteiger partial charge is 0.378 e. The van der Waals surface area contributed by atoms with Crippen molar-refractivity contribution in [3.8, 4) is 0 Å². The molecule has 13 heavy (non-hydrogen) atoms. The van der Waals surface area contributed by atoms with E-state index in [1.54, 1.807) is 0 Å². The predicted octanol–water partition coefficient (Wildman–Crippen LogP) is 0.0937. The van der Waals surface area contributed by atoms with Crippen LogP contribution in [-0.2, 0) is 13.8 Å². The van der Waals surface area contributed by atoms with Gasteiger partial charge in [-0.25, -0.2) is 4.57 Å². The number of nitrogens with zero attached hydrogens (tertiary/aromatic N) is 2. The fourth-order valence-electron chi connectivity index (χ4n) is 0.878. The van der Waals surface area contributed by atoms with E-state index in [9.17, 15) is 4.57 Å². The van der Waals surface area contributed by atoms with E-state index in [-0.39, 0.29) is 0 Å². The molecule has 0 radical (unpaired) electrons. The van der Waals surface area contributed by atoms with Crippen LogP contribution in [0, 0.1) is 0 Å². The second-order valence-corrected chi connectivity index (χ2v) is 4.13. The summed E-state index contributed by atoms with van der Waals surface area (Å²) < 4.78 is 23.7. The van der Waals surface area contributed by atoms with Crippen LogP contribution in [0.4, 0.5) is 0 Å². The van der Waals surface area contributed by atoms with E-state index in [4.69, 9.17) is 9.63 Å². The molecule has 76 valence electrons. The van der Waals surface area contributed by atoms with Crippen LogP contribution in [0.1, 0.15) is 0 Å². The van der Waals surface area contributed by atoms with Gasteiger partial charge in [0, 0.05) is 20.2 Å². The third-order valence-corrected chi connectivity index (χ3v) is 2.52. The molecule has 1 aliphatic rings. The van der Waals surface area contributed by atoms with E-state index in [2.05, 4.69) is 9.29 Å². The number of hydrogen-bond acceptors (Lipinski definition) is 3. The van der Waals surface area contributed by atoms with Gasteiger partial charge in [-0.3, -0.25) is 4.52 Å². The third kappa shape index (κ3) is 3.87. The van der Waals surface area contributed by atoms with Crippen molar-refractivity contribution < 1.29 is 18.7 Å². The quantitative estimate of drug-likeness (QED) is 0.404. The topological polar surface area (TPSA) is 71.4 Å². The van der Waals surface area contributed by atoms with Crippen LogP contribution >= 0.6 is 7.75 Å². The number of rotatable bonds is 3. The van der Waals surface area contributed by atoms with Crippen molar-refractivity contribution in [2.75, 3.05) is 33.4 Å². The van der Waals surface area contributed by atoms with Gasteiger partial charge in [-0.1, -0.05) is 0 Å². The summed E-state index contributed by atoms with van der Waals surface area (Å²) in [5.41, 5.74) is 0. The molecule has 1 fully saturated rings. The van der Waals surface area contributed by atoms with Gasteiger partial charge in [0.25, 0.3) is 0 Å². The molecule has 0 amide bonds. The molecule has 1 rings (SSSR count). The van der Waals surface area contributed by atoms with Crippen LogP contribution in [0.3, 0.4) is 0 Å². The second kappa shape index (κ2) is 4.72. The van der Waals surface area contributed by atoms with Crippen molar-refractivity contribution in [3.63, 3.8) is 0 Å². The minimum absolute atomic E-state index is 0.620. The molecule has 0 aromatic carbocycles. The minimum Gasteiger partial charge on any atom is -0.378 e. The number of morpholine rings is 1. The maximum Gasteiger partial charge on any atom is 0.452 e. The molecule has 1 aliphatic heterocycles. The Bertz CT molecular complexity index is 227. The molecule has 1 heterocycles. The third-order valence-electron chi connectivity index (χ3n) is 1.64. The van der Waals surface area contributed by atoms with Gasteiger partial charge in [-0.15, -0.1) is 0 Å². The van der Waals surface area contributed by atoms with Crippen molar-refractivity contribution in [1.29, 1.82) is 0 Å². The van der Waals surface area contributed by atoms with Gasteiger partial charge in [-0.05, 0) is 0 Å². The van der Waals surface area contributed by atoms with Crippen molar-refractivity contribution in [1.82, 2.24) is 4.90 Å². The average Bonchev–Trinajstić information content (AvgIpc) is 2.17. The first-order valence-corrected chi connectivity index (χ1v) is 5.43. The van der Waals surface area contributed by atoms with Crippen LogP contribution in [-0.4, -0.2) is 49.5 Å². The first-order chi connectivity index (χ1) is 6.14. The molecular formula is C6H13N2O4P. The largest absolute Gasteiger partial charge is 0.452 e. The normalized spacial score (nSPS) is 23.4. The molecular weight excluding hydrogens is 195 g/mol. The highest BCUT2D eigenvalue weighted by Crippen LogP contribution is 2.41. The van der Waals surface area contributed by atoms with Crippen molar-refractivity contribution in [3.05, 3.63) is 0 Å². The van der Waals surface area contributed by atoms with Gasteiger partial charge in [0.1, 0.15) is 0 Å². The van der Waals surface area contributed by atoms with Gasteiger partial charge < -0.3 is 14.5 Å². The van der Waals surface area contributed by atoms with E-state index in [1.807, 2.05) is 4.90 Å². The number of hydrogen-bond donors (Lipinski definition) is 1. The zero-order valence-electron chi connectivity index (χ0n) is 7.42. The van der Waals surface area contributed by atoms with Crippen molar-refractivity contribution in [2.24, 2.45) is 4.76 Å². The maximum atomic E-state index is 10.9. The molecule has 1 unspecified atom stereocenters. The van der Waals surface area contributed by atoms with Gasteiger partial charge in [-0.2, -0.15) is 4.76 Å². The predicted molar refractivity (Wildman–Crippen MR) is 47.7 cm³/mol. The van der Waals surface area contributed by atoms with Crippen LogP contribution in [0.2, 0.25) is 0 Å². The zero-order valence-corrected chi connectivity index (χ0v) is 8.31. The van der Waals surface area contributed by atoms with E-state index < -0.39 is 7.75 Å². The van der Waals surface area contributed by atoms with Crippen molar-refractivity contribution >= 4 is 14.1 Å². The van der Waals surface area contributed by atoms with Crippen LogP contribution in [0.25, 0.3) is 0 Å². The molecule has 6 nitrogen and oxygen atoms in total. The fraction of sp³-hybridized carbons (Fsp3) is 0.833. The maximum absolute atomic E-state index is 10.9. The summed E-state index contributed by atoms with van der Waals surface area (Å²) in [6.07, 6.45) is 1.34. The molecule has 0 aromatic rings. The Morgan fingerprint density at radius 1 is 1.62 bits per heavy atom. The van der Waals surface area contributed by atoms with Crippen LogP contribution < -0.4 is 0 Å². The van der Waals surface area contributed by atoms with Gasteiger partial charge in [0.05, 0.1) is 19.6 Å². The Kier molecular flexibility index (Phi) is 3.87. The van der Waals surface area contributed by atoms with Crippen LogP contribution in [0.15, 0.2) is 4.76 Å². The Morgan fingerprint density at radius 2 is 2.23 bits per heavy atom. The Morgan fingerprint density at radius 3 is 2.77 bits per heavy atom. The van der Waals surface area contributed by atoms with Crippen LogP contribution in [0.5, 0.6) is 0 Å². The molecule has 0 spiro atoms. The van der Waals surface area contributed by atoms with Gasteiger partial charge >= 0.3 is 7.75 Å². The molecule has 0 aromatic heterocycles. The summed E-state index contributed by atoms with van der Waals surface area (Å²) in [7, 11) is -2.60. The van der Waals surface area contributed by atoms with E-state index in [1.165, 1.54) is 6.34 Å². The van der Waals surface area contributed by atoms with E-state index in [0.717, 1.165) is 7.11 Å². The second-order valence-electron chi connectivity index (χ2n) is 2.55. The Balaban J connectivity index is 2.42. The molecule has 1 atom stereocenters. The van der Waals surface area contributed by atoms with E-state index >= 15 is 0 Å². The van der Waals surface area contributed by atoms with Crippen molar-refractivity contribution in [2.45, 2.75) is 0 Å². The molecule has 0 saturated carbocycles. The highest BCUT2D eigenvalue weighted by Gasteiger charge is 2.14. The highest BCUT2D eigenvalue weighted by molar-refractivity contribution is 7.51. The first-order valence-electron chi connectivity index (χ1n) is 3.90. The van der Waals surface area contributed by atoms with E-state index in [0.29, 0.717) is 26.3 Å². The Hall–Kier alpha value is -0.420. The lowest BCUT2D eigenvalue weighted by Crippen LogP contribution is -2.35. The summed E-state index contributed by atoms with van der Waals surface area (Å²) in [6, 6.07) is 0. The molecule has 1 N–H and O–H groups in total. The number of ether oxygens (including phenoxy) is 1. The summed E-state index contributed by atoms with van der Waals surface area (Å²) in [5.74, 6) is 0. The monoisotopic (exact) mass is 208 g/mol. The molecule has 1 saturated heterocycles. The zero-order chi connectivity index (χ0) is 9.73. The summed E-state index contributed by atoms with van der Waals surface area (Å²) in [4.78, 5) is 10.7. The standard InChI is InChI=1S/C6H13N2O4P/c1-11-13(9,10)7-6-8-2-4-12-5-3-8/h6H,2-5H2,1H3,(H,9,10). The Labute approximate surface area is 76.8 Å². The van der Waals surface area contributed by atoms with Gasteiger partial charge in [0.15, 0.2) is 0 Å². The SMILES string of the molecule is COP(=O)(O)N=CN1CCOCC1. The lowest BCUT2D eigenvalue weighted by molar-refractivity contribution is 0.0700.